The van der Waals surface area contributed by atoms with Crippen LogP contribution in [0.25, 0.3) is 11.5 Å². The smallest absolute Gasteiger partial charge is 0.264 e. The molecule has 3 aromatic rings. The first-order chi connectivity index (χ1) is 16.6. The molecule has 2 atom stereocenters. The molecule has 10 nitrogen and oxygen atoms in total. The lowest BCUT2D eigenvalue weighted by Gasteiger charge is -2.29. The van der Waals surface area contributed by atoms with Gasteiger partial charge >= 0.3 is 0 Å². The Balaban J connectivity index is 1.30. The molecule has 4 heterocycles. The van der Waals surface area contributed by atoms with Crippen molar-refractivity contribution in [2.24, 2.45) is 5.10 Å². The van der Waals surface area contributed by atoms with E-state index in [0.29, 0.717) is 41.3 Å². The molecule has 0 radical (unpaired) electrons. The van der Waals surface area contributed by atoms with Crippen LogP contribution in [0.5, 0.6) is 11.5 Å². The van der Waals surface area contributed by atoms with Gasteiger partial charge in [-0.05, 0) is 44.2 Å². The van der Waals surface area contributed by atoms with Gasteiger partial charge in [-0.2, -0.15) is 0 Å². The highest BCUT2D eigenvalue weighted by atomic mass is 32.2. The number of thioether (sulfide) groups is 1. The van der Waals surface area contributed by atoms with Gasteiger partial charge in [-0.3, -0.25) is 9.80 Å². The fourth-order valence-electron chi connectivity index (χ4n) is 3.95. The van der Waals surface area contributed by atoms with E-state index in [2.05, 4.69) is 16.0 Å². The fourth-order valence-corrected chi connectivity index (χ4v) is 4.91. The number of hydrogen-bond acceptors (Lipinski definition) is 10. The number of aromatic nitrogens is 1. The zero-order valence-corrected chi connectivity index (χ0v) is 19.8. The zero-order chi connectivity index (χ0) is 23.7. The second-order valence-corrected chi connectivity index (χ2v) is 8.74. The van der Waals surface area contributed by atoms with Gasteiger partial charge in [-0.1, -0.05) is 11.8 Å². The Labute approximate surface area is 200 Å². The number of amides is 1. The number of nitrogens with zero attached hydrogens (tertiary/aromatic N) is 3. The average molecular weight is 484 g/mol. The summed E-state index contributed by atoms with van der Waals surface area (Å²) >= 11 is 1.47. The van der Waals surface area contributed by atoms with Gasteiger partial charge in [-0.25, -0.2) is 15.8 Å². The number of hydrazine groups is 1. The maximum Gasteiger partial charge on any atom is 0.264 e. The second kappa shape index (κ2) is 9.43. The van der Waals surface area contributed by atoms with E-state index >= 15 is 0 Å². The van der Waals surface area contributed by atoms with Crippen LogP contribution in [0.3, 0.4) is 0 Å². The summed E-state index contributed by atoms with van der Waals surface area (Å²) < 4.78 is 22.5. The lowest BCUT2D eigenvalue weighted by atomic mass is 10.1. The van der Waals surface area contributed by atoms with Crippen LogP contribution >= 0.6 is 11.8 Å². The highest BCUT2D eigenvalue weighted by Gasteiger charge is 2.42. The zero-order valence-electron chi connectivity index (χ0n) is 19.0. The maximum atomic E-state index is 12.4. The number of hydrazone groups is 1. The first kappa shape index (κ1) is 22.4. The van der Waals surface area contributed by atoms with Gasteiger partial charge in [0.05, 0.1) is 31.7 Å². The lowest BCUT2D eigenvalue weighted by molar-refractivity contribution is -0.125. The number of methoxy groups -OCH3 is 1. The number of nitrogens with one attached hydrogen (secondary N) is 2. The Morgan fingerprint density at radius 2 is 2.18 bits per heavy atom. The molecule has 1 saturated heterocycles. The van der Waals surface area contributed by atoms with Crippen molar-refractivity contribution in [3.63, 3.8) is 0 Å². The Hall–Kier alpha value is -3.44. The van der Waals surface area contributed by atoms with Gasteiger partial charge < -0.3 is 18.3 Å². The minimum Gasteiger partial charge on any atom is -0.493 e. The van der Waals surface area contributed by atoms with Crippen LogP contribution in [0.15, 0.2) is 50.5 Å². The number of oxazole rings is 1. The van der Waals surface area contributed by atoms with Crippen LogP contribution in [-0.2, 0) is 10.5 Å². The molecule has 2 unspecified atom stereocenters. The molecule has 1 fully saturated rings. The molecule has 0 spiro atoms. The summed E-state index contributed by atoms with van der Waals surface area (Å²) in [5, 5.41) is 6.72. The molecule has 2 N–H and O–H groups in total. The number of fused-ring (bicyclic) bond motifs is 1. The van der Waals surface area contributed by atoms with Crippen molar-refractivity contribution in [2.75, 3.05) is 13.7 Å². The number of rotatable bonds is 7. The predicted molar refractivity (Wildman–Crippen MR) is 126 cm³/mol. The number of ether oxygens (including phenoxy) is 2. The Morgan fingerprint density at radius 1 is 1.29 bits per heavy atom. The normalized spacial score (nSPS) is 19.6. The van der Waals surface area contributed by atoms with Gasteiger partial charge in [0.2, 0.25) is 5.89 Å². The third-order valence-electron chi connectivity index (χ3n) is 5.66. The van der Waals surface area contributed by atoms with Crippen LogP contribution < -0.4 is 20.3 Å². The molecule has 0 saturated carbocycles. The molecule has 0 aliphatic carbocycles. The quantitative estimate of drug-likeness (QED) is 0.520. The van der Waals surface area contributed by atoms with Gasteiger partial charge in [0, 0.05) is 17.7 Å². The molecular weight excluding hydrogens is 458 g/mol. The van der Waals surface area contributed by atoms with E-state index in [1.165, 1.54) is 11.8 Å². The molecule has 0 bridgehead atoms. The molecule has 2 aliphatic rings. The molecule has 11 heteroatoms. The van der Waals surface area contributed by atoms with Crippen molar-refractivity contribution in [2.45, 2.75) is 38.1 Å². The summed E-state index contributed by atoms with van der Waals surface area (Å²) in [7, 11) is 1.60. The molecule has 5 rings (SSSR count). The molecule has 34 heavy (non-hydrogen) atoms. The van der Waals surface area contributed by atoms with Gasteiger partial charge in [0.1, 0.15) is 17.6 Å². The summed E-state index contributed by atoms with van der Waals surface area (Å²) in [4.78, 5) is 17.0. The lowest BCUT2D eigenvalue weighted by Crippen LogP contribution is -2.52. The van der Waals surface area contributed by atoms with E-state index in [1.54, 1.807) is 13.4 Å². The highest BCUT2D eigenvalue weighted by Crippen LogP contribution is 2.35. The summed E-state index contributed by atoms with van der Waals surface area (Å²) in [6.07, 6.45) is 2.22. The fraction of sp³-hybridized carbons (Fsp3) is 0.348. The molecule has 1 amide bonds. The van der Waals surface area contributed by atoms with E-state index in [9.17, 15) is 4.79 Å². The monoisotopic (exact) mass is 483 g/mol. The standard InChI is InChI=1S/C23H25N5O5S/c1-4-31-19-8-7-14(10-20(19)30-3)22-24-16(13(2)33-22)12-34-23-26-25-21(29)17-11-15(27-28(17)23)18-6-5-9-32-18/h5-10,15,17,27H,4,11-12H2,1-3H3,(H,25,29). The van der Waals surface area contributed by atoms with E-state index < -0.39 is 0 Å². The first-order valence-corrected chi connectivity index (χ1v) is 11.9. The molecule has 1 aromatic carbocycles. The number of carbonyl (C=O) groups excluding carboxylic acids is 1. The van der Waals surface area contributed by atoms with E-state index in [4.69, 9.17) is 23.3 Å². The van der Waals surface area contributed by atoms with Crippen LogP contribution in [0.1, 0.15) is 36.6 Å². The van der Waals surface area contributed by atoms with Crippen LogP contribution in [0, 0.1) is 6.92 Å². The summed E-state index contributed by atoms with van der Waals surface area (Å²) in [6, 6.07) is 8.87. The van der Waals surface area contributed by atoms with Crippen LogP contribution in [0.4, 0.5) is 0 Å². The number of furan rings is 1. The number of carbonyl (C=O) groups is 1. The van der Waals surface area contributed by atoms with Crippen molar-refractivity contribution in [3.05, 3.63) is 53.8 Å². The third kappa shape index (κ3) is 4.24. The van der Waals surface area contributed by atoms with Crippen LogP contribution in [0.2, 0.25) is 0 Å². The van der Waals surface area contributed by atoms with Gasteiger partial charge in [-0.15, -0.1) is 5.10 Å². The Morgan fingerprint density at radius 3 is 2.94 bits per heavy atom. The SMILES string of the molecule is CCOc1ccc(-c2nc(CSC3=NNC(=O)C4CC(c5ccco5)NN34)c(C)o2)cc1OC. The van der Waals surface area contributed by atoms with Gasteiger partial charge in [0.25, 0.3) is 5.91 Å². The third-order valence-corrected chi connectivity index (χ3v) is 6.63. The van der Waals surface area contributed by atoms with Crippen molar-refractivity contribution in [1.82, 2.24) is 20.8 Å². The van der Waals surface area contributed by atoms with Crippen molar-refractivity contribution < 1.29 is 23.1 Å². The predicted octanol–water partition coefficient (Wildman–Crippen LogP) is 3.60. The number of amidine groups is 1. The molecule has 2 aromatic heterocycles. The van der Waals surface area contributed by atoms with E-state index in [1.807, 2.05) is 49.2 Å². The van der Waals surface area contributed by atoms with Crippen molar-refractivity contribution in [3.8, 4) is 23.0 Å². The number of aryl methyl sites for hydroxylation is 1. The Kier molecular flexibility index (Phi) is 6.20. The van der Waals surface area contributed by atoms with Crippen molar-refractivity contribution in [1.29, 1.82) is 0 Å². The minimum absolute atomic E-state index is 0.0929. The Bertz CT molecular complexity index is 1210. The molecule has 2 aliphatic heterocycles. The summed E-state index contributed by atoms with van der Waals surface area (Å²) in [5.41, 5.74) is 7.56. The largest absolute Gasteiger partial charge is 0.493 e. The molecular formula is C23H25N5O5S. The number of benzene rings is 1. The van der Waals surface area contributed by atoms with E-state index in [0.717, 1.165) is 22.8 Å². The van der Waals surface area contributed by atoms with Gasteiger partial charge in [0.15, 0.2) is 16.7 Å². The average Bonchev–Trinajstić information content (AvgIpc) is 3.59. The van der Waals surface area contributed by atoms with Crippen molar-refractivity contribution >= 4 is 22.8 Å². The van der Waals surface area contributed by atoms with Crippen LogP contribution in [-0.4, -0.2) is 40.8 Å². The maximum absolute atomic E-state index is 12.4. The first-order valence-electron chi connectivity index (χ1n) is 10.9. The highest BCUT2D eigenvalue weighted by molar-refractivity contribution is 8.13. The summed E-state index contributed by atoms with van der Waals surface area (Å²) in [5.74, 6) is 3.68. The topological polar surface area (TPSA) is 114 Å². The number of hydrogen-bond donors (Lipinski definition) is 2. The minimum atomic E-state index is -0.361. The molecule has 178 valence electrons. The van der Waals surface area contributed by atoms with E-state index in [-0.39, 0.29) is 18.0 Å². The second-order valence-electron chi connectivity index (χ2n) is 7.80. The summed E-state index contributed by atoms with van der Waals surface area (Å²) in [6.45, 7) is 4.36.